The molecule has 0 aliphatic carbocycles. The average Bonchev–Trinajstić information content (AvgIpc) is 2.31. The van der Waals surface area contributed by atoms with Crippen LogP contribution in [-0.4, -0.2) is 35.5 Å². The summed E-state index contributed by atoms with van der Waals surface area (Å²) in [5, 5.41) is 0. The van der Waals surface area contributed by atoms with Crippen LogP contribution in [0.15, 0.2) is 12.4 Å². The van der Waals surface area contributed by atoms with Crippen LogP contribution in [0.3, 0.4) is 0 Å². The minimum atomic E-state index is 0. The van der Waals surface area contributed by atoms with Gasteiger partial charge in [0.1, 0.15) is 0 Å². The minimum Gasteiger partial charge on any atom is -0.412 e. The molecular weight excluding hydrogens is 159 g/mol. The number of unbranched alkanes of at least 4 members (excludes halogenated alkanes) is 1. The molecule has 2 N–H and O–H groups in total. The molecule has 4 heteroatoms. The van der Waals surface area contributed by atoms with Crippen molar-refractivity contribution in [2.45, 2.75) is 19.8 Å². The summed E-state index contributed by atoms with van der Waals surface area (Å²) in [7, 11) is 2.10. The van der Waals surface area contributed by atoms with Gasteiger partial charge < -0.3 is 15.3 Å². The van der Waals surface area contributed by atoms with Gasteiger partial charge in [-0.05, 0) is 6.42 Å². The molecule has 0 aromatic heterocycles. The van der Waals surface area contributed by atoms with Gasteiger partial charge in [0.05, 0.1) is 6.67 Å². The highest BCUT2D eigenvalue weighted by molar-refractivity contribution is 4.88. The van der Waals surface area contributed by atoms with Crippen molar-refractivity contribution in [1.82, 2.24) is 9.80 Å². The number of hydrogen-bond acceptors (Lipinski definition) is 2. The smallest absolute Gasteiger partial charge is 0.0890 e. The molecule has 0 aromatic rings. The number of rotatable bonds is 3. The Labute approximate surface area is 73.3 Å². The van der Waals surface area contributed by atoms with Crippen LogP contribution >= 0.6 is 0 Å². The quantitative estimate of drug-likeness (QED) is 0.641. The number of hydrogen-bond donors (Lipinski definition) is 0. The summed E-state index contributed by atoms with van der Waals surface area (Å²) >= 11 is 0. The fourth-order valence-electron chi connectivity index (χ4n) is 1.10. The van der Waals surface area contributed by atoms with E-state index in [0.29, 0.717) is 0 Å². The molecule has 0 amide bonds. The molecule has 1 rings (SSSR count). The highest BCUT2D eigenvalue weighted by Crippen LogP contribution is 2.04. The van der Waals surface area contributed by atoms with Gasteiger partial charge in [-0.15, -0.1) is 0 Å². The molecule has 3 nitrogen and oxygen atoms in total. The Morgan fingerprint density at radius 1 is 1.33 bits per heavy atom. The molecule has 1 heterocycles. The summed E-state index contributed by atoms with van der Waals surface area (Å²) in [5.74, 6) is 0. The summed E-state index contributed by atoms with van der Waals surface area (Å²) in [4.78, 5) is 4.53. The first-order chi connectivity index (χ1) is 4.83. The zero-order valence-electron chi connectivity index (χ0n) is 7.79. The molecule has 1 aliphatic heterocycles. The number of halogens is 1. The van der Waals surface area contributed by atoms with E-state index in [1.807, 2.05) is 0 Å². The van der Waals surface area contributed by atoms with E-state index in [2.05, 4.69) is 36.2 Å². The van der Waals surface area contributed by atoms with Crippen molar-refractivity contribution < 1.29 is 10.2 Å². The lowest BCUT2D eigenvalue weighted by molar-refractivity contribution is 0.293. The monoisotopic (exact) mass is 178 g/mol. The lowest BCUT2D eigenvalue weighted by Gasteiger charge is -2.17. The molecule has 0 saturated carbocycles. The zero-order valence-corrected chi connectivity index (χ0v) is 7.79. The van der Waals surface area contributed by atoms with Crippen LogP contribution in [0, 0.1) is 0 Å². The fourth-order valence-corrected chi connectivity index (χ4v) is 1.10. The largest absolute Gasteiger partial charge is 0.412 e. The molecule has 0 radical (unpaired) electrons. The summed E-state index contributed by atoms with van der Waals surface area (Å²) in [5.41, 5.74) is 0. The third-order valence-corrected chi connectivity index (χ3v) is 1.74. The first-order valence-corrected chi connectivity index (χ1v) is 3.95. The Morgan fingerprint density at radius 2 is 2.00 bits per heavy atom. The van der Waals surface area contributed by atoms with Gasteiger partial charge >= 0.3 is 0 Å². The van der Waals surface area contributed by atoms with E-state index in [-0.39, 0.29) is 10.2 Å². The van der Waals surface area contributed by atoms with Crippen LogP contribution in [0.25, 0.3) is 0 Å². The van der Waals surface area contributed by atoms with E-state index in [9.17, 15) is 0 Å². The van der Waals surface area contributed by atoms with Crippen LogP contribution in [0.1, 0.15) is 19.8 Å². The van der Waals surface area contributed by atoms with Crippen molar-refractivity contribution in [2.24, 2.45) is 0 Å². The molecule has 1 aliphatic rings. The van der Waals surface area contributed by atoms with Gasteiger partial charge in [-0.25, -0.2) is 0 Å². The maximum atomic E-state index is 2.34. The molecule has 12 heavy (non-hydrogen) atoms. The lowest BCUT2D eigenvalue weighted by Crippen LogP contribution is -2.23. The minimum absolute atomic E-state index is 0. The average molecular weight is 178 g/mol. The second-order valence-corrected chi connectivity index (χ2v) is 2.86. The predicted octanol–water partition coefficient (Wildman–Crippen LogP) is 0.790. The molecule has 0 fully saturated rings. The Hall–Kier alpha value is -0.770. The first-order valence-electron chi connectivity index (χ1n) is 3.95. The molecule has 0 aromatic carbocycles. The Morgan fingerprint density at radius 3 is 2.42 bits per heavy atom. The van der Waals surface area contributed by atoms with Crippen molar-refractivity contribution in [2.75, 3.05) is 20.3 Å². The highest BCUT2D eigenvalue weighted by Gasteiger charge is 2.05. The van der Waals surface area contributed by atoms with Gasteiger partial charge in [0, 0.05) is 26.0 Å². The van der Waals surface area contributed by atoms with Gasteiger partial charge in [-0.3, -0.25) is 4.70 Å². The number of nitrogens with zero attached hydrogens (tertiary/aromatic N) is 2. The van der Waals surface area contributed by atoms with Gasteiger partial charge in [0.2, 0.25) is 0 Å². The van der Waals surface area contributed by atoms with Crippen molar-refractivity contribution in [3.05, 3.63) is 12.4 Å². The molecular formula is C8H19FN2O. The zero-order chi connectivity index (χ0) is 7.40. The van der Waals surface area contributed by atoms with Gasteiger partial charge in [0.25, 0.3) is 0 Å². The summed E-state index contributed by atoms with van der Waals surface area (Å²) < 4.78 is 0. The highest BCUT2D eigenvalue weighted by atomic mass is 19.0. The van der Waals surface area contributed by atoms with Crippen molar-refractivity contribution in [3.63, 3.8) is 0 Å². The predicted molar refractivity (Wildman–Crippen MR) is 49.5 cm³/mol. The van der Waals surface area contributed by atoms with E-state index >= 15 is 0 Å². The van der Waals surface area contributed by atoms with Crippen molar-refractivity contribution in [1.29, 1.82) is 0 Å². The Kier molecular flexibility index (Phi) is 7.94. The standard InChI is InChI=1S/C8H16N2.FH.H2O/c1-3-4-5-10-7-6-9(2)8-10;;/h6-7H,3-5,8H2,1-2H3;1H;1H2. The van der Waals surface area contributed by atoms with Crippen LogP contribution in [0.4, 0.5) is 4.70 Å². The van der Waals surface area contributed by atoms with Crippen LogP contribution in [0.5, 0.6) is 0 Å². The molecule has 74 valence electrons. The van der Waals surface area contributed by atoms with E-state index in [1.165, 1.54) is 19.4 Å². The van der Waals surface area contributed by atoms with Crippen LogP contribution < -0.4 is 0 Å². The van der Waals surface area contributed by atoms with Gasteiger partial charge in [-0.1, -0.05) is 13.3 Å². The van der Waals surface area contributed by atoms with Crippen molar-refractivity contribution >= 4 is 0 Å². The Bertz CT molecular complexity index is 130. The second kappa shape index (κ2) is 6.91. The molecule has 0 saturated heterocycles. The van der Waals surface area contributed by atoms with Crippen LogP contribution in [0.2, 0.25) is 0 Å². The van der Waals surface area contributed by atoms with E-state index < -0.39 is 0 Å². The molecule has 0 bridgehead atoms. The lowest BCUT2D eigenvalue weighted by atomic mass is 10.3. The van der Waals surface area contributed by atoms with E-state index in [1.54, 1.807) is 0 Å². The Balaban J connectivity index is 0. The maximum Gasteiger partial charge on any atom is 0.0890 e. The summed E-state index contributed by atoms with van der Waals surface area (Å²) in [6.07, 6.45) is 6.87. The van der Waals surface area contributed by atoms with Crippen LogP contribution in [-0.2, 0) is 0 Å². The summed E-state index contributed by atoms with van der Waals surface area (Å²) in [6, 6.07) is 0. The molecule has 0 atom stereocenters. The van der Waals surface area contributed by atoms with Crippen molar-refractivity contribution in [3.8, 4) is 0 Å². The van der Waals surface area contributed by atoms with Gasteiger partial charge in [-0.2, -0.15) is 0 Å². The normalized spacial score (nSPS) is 14.2. The van der Waals surface area contributed by atoms with Gasteiger partial charge in [0.15, 0.2) is 0 Å². The maximum absolute atomic E-state index is 2.34. The summed E-state index contributed by atoms with van der Waals surface area (Å²) in [6.45, 7) is 4.50. The second-order valence-electron chi connectivity index (χ2n) is 2.86. The third-order valence-electron chi connectivity index (χ3n) is 1.74. The topological polar surface area (TPSA) is 38.0 Å². The van der Waals surface area contributed by atoms with E-state index in [0.717, 1.165) is 6.67 Å². The SMILES string of the molecule is CCCCN1C=CN(C)C1.F.O. The molecule has 0 unspecified atom stereocenters. The fraction of sp³-hybridized carbons (Fsp3) is 0.750. The third kappa shape index (κ3) is 4.18. The first kappa shape index (κ1) is 13.8. The van der Waals surface area contributed by atoms with E-state index in [4.69, 9.17) is 0 Å². The molecule has 0 spiro atoms.